The molecule has 0 N–H and O–H groups in total. The lowest BCUT2D eigenvalue weighted by Crippen LogP contribution is -2.34. The SMILES string of the molecule is COc1ccc([C@H]2CC(=O)C[C@@H](c3ccc(OC)cc3)C2C(C)=O)cc1. The number of hydrogen-bond acceptors (Lipinski definition) is 4. The van der Waals surface area contributed by atoms with Gasteiger partial charge in [-0.2, -0.15) is 0 Å². The molecule has 26 heavy (non-hydrogen) atoms. The number of rotatable bonds is 5. The highest BCUT2D eigenvalue weighted by molar-refractivity contribution is 5.88. The molecular weight excluding hydrogens is 328 g/mol. The molecular formula is C22H24O4. The number of hydrogen-bond donors (Lipinski definition) is 0. The summed E-state index contributed by atoms with van der Waals surface area (Å²) in [4.78, 5) is 25.0. The minimum absolute atomic E-state index is 0.105. The average molecular weight is 352 g/mol. The Hall–Kier alpha value is -2.62. The number of Topliss-reactive ketones (excluding diaryl/α,β-unsaturated/α-hetero) is 2. The molecule has 0 radical (unpaired) electrons. The fourth-order valence-corrected chi connectivity index (χ4v) is 4.03. The number of benzene rings is 2. The molecule has 2 aromatic rings. The molecule has 4 nitrogen and oxygen atoms in total. The van der Waals surface area contributed by atoms with Crippen molar-refractivity contribution >= 4 is 11.6 Å². The minimum Gasteiger partial charge on any atom is -0.497 e. The van der Waals surface area contributed by atoms with Gasteiger partial charge in [-0.1, -0.05) is 24.3 Å². The van der Waals surface area contributed by atoms with Crippen molar-refractivity contribution in [3.63, 3.8) is 0 Å². The van der Waals surface area contributed by atoms with Crippen molar-refractivity contribution in [1.29, 1.82) is 0 Å². The van der Waals surface area contributed by atoms with Crippen LogP contribution in [0.5, 0.6) is 11.5 Å². The standard InChI is InChI=1S/C22H24O4/c1-14(23)22-20(15-4-8-18(25-2)9-5-15)12-17(24)13-21(22)16-6-10-19(26-3)11-7-16/h4-11,20-22H,12-13H2,1-3H3/t20-,21+,22?. The third-order valence-electron chi connectivity index (χ3n) is 5.32. The first-order valence-corrected chi connectivity index (χ1v) is 8.83. The summed E-state index contributed by atoms with van der Waals surface area (Å²) < 4.78 is 10.4. The molecule has 1 unspecified atom stereocenters. The van der Waals surface area contributed by atoms with E-state index >= 15 is 0 Å². The monoisotopic (exact) mass is 352 g/mol. The van der Waals surface area contributed by atoms with Gasteiger partial charge in [0.15, 0.2) is 0 Å². The number of carbonyl (C=O) groups is 2. The summed E-state index contributed by atoms with van der Waals surface area (Å²) >= 11 is 0. The average Bonchev–Trinajstić information content (AvgIpc) is 2.67. The summed E-state index contributed by atoms with van der Waals surface area (Å²) in [6.07, 6.45) is 0.812. The van der Waals surface area contributed by atoms with E-state index in [1.54, 1.807) is 21.1 Å². The topological polar surface area (TPSA) is 52.6 Å². The molecule has 136 valence electrons. The van der Waals surface area contributed by atoms with E-state index < -0.39 is 0 Å². The summed E-state index contributed by atoms with van der Waals surface area (Å²) in [5, 5.41) is 0. The van der Waals surface area contributed by atoms with E-state index in [-0.39, 0.29) is 29.3 Å². The maximum absolute atomic E-state index is 12.6. The van der Waals surface area contributed by atoms with Crippen molar-refractivity contribution in [1.82, 2.24) is 0 Å². The number of ether oxygens (including phenoxy) is 2. The molecule has 0 aromatic heterocycles. The summed E-state index contributed by atoms with van der Waals surface area (Å²) in [5.41, 5.74) is 2.02. The highest BCUT2D eigenvalue weighted by atomic mass is 16.5. The van der Waals surface area contributed by atoms with Gasteiger partial charge in [-0.15, -0.1) is 0 Å². The van der Waals surface area contributed by atoms with Crippen LogP contribution in [0.2, 0.25) is 0 Å². The van der Waals surface area contributed by atoms with Crippen LogP contribution in [-0.4, -0.2) is 25.8 Å². The van der Waals surface area contributed by atoms with E-state index in [0.717, 1.165) is 22.6 Å². The van der Waals surface area contributed by atoms with E-state index in [0.29, 0.717) is 12.8 Å². The highest BCUT2D eigenvalue weighted by Crippen LogP contribution is 2.45. The van der Waals surface area contributed by atoms with Gasteiger partial charge in [0.25, 0.3) is 0 Å². The molecule has 4 heteroatoms. The molecule has 0 heterocycles. The number of ketones is 2. The van der Waals surface area contributed by atoms with Crippen molar-refractivity contribution in [2.75, 3.05) is 14.2 Å². The summed E-state index contributed by atoms with van der Waals surface area (Å²) in [6, 6.07) is 15.4. The van der Waals surface area contributed by atoms with Crippen LogP contribution in [0.15, 0.2) is 48.5 Å². The minimum atomic E-state index is -0.213. The second-order valence-corrected chi connectivity index (χ2v) is 6.84. The predicted octanol–water partition coefficient (Wildman–Crippen LogP) is 4.14. The van der Waals surface area contributed by atoms with E-state index in [9.17, 15) is 9.59 Å². The maximum Gasteiger partial charge on any atom is 0.134 e. The van der Waals surface area contributed by atoms with Crippen molar-refractivity contribution in [3.05, 3.63) is 59.7 Å². The van der Waals surface area contributed by atoms with E-state index in [1.165, 1.54) is 0 Å². The predicted molar refractivity (Wildman–Crippen MR) is 99.9 cm³/mol. The first-order valence-electron chi connectivity index (χ1n) is 8.83. The third-order valence-corrected chi connectivity index (χ3v) is 5.32. The quantitative estimate of drug-likeness (QED) is 0.811. The van der Waals surface area contributed by atoms with Gasteiger partial charge in [0.05, 0.1) is 14.2 Å². The largest absolute Gasteiger partial charge is 0.497 e. The van der Waals surface area contributed by atoms with Crippen LogP contribution in [0.25, 0.3) is 0 Å². The molecule has 1 aliphatic rings. The second kappa shape index (κ2) is 7.73. The zero-order valence-corrected chi connectivity index (χ0v) is 15.4. The Morgan fingerprint density at radius 3 is 1.50 bits per heavy atom. The molecule has 3 atom stereocenters. The molecule has 2 aromatic carbocycles. The summed E-state index contributed by atoms with van der Waals surface area (Å²) in [7, 11) is 3.24. The maximum atomic E-state index is 12.6. The van der Waals surface area contributed by atoms with Crippen LogP contribution >= 0.6 is 0 Å². The molecule has 0 amide bonds. The van der Waals surface area contributed by atoms with Gasteiger partial charge in [0, 0.05) is 30.6 Å². The van der Waals surface area contributed by atoms with E-state index in [4.69, 9.17) is 9.47 Å². The summed E-state index contributed by atoms with van der Waals surface area (Å²) in [6.45, 7) is 1.63. The molecule has 0 bridgehead atoms. The Balaban J connectivity index is 1.97. The lowest BCUT2D eigenvalue weighted by Gasteiger charge is -2.36. The van der Waals surface area contributed by atoms with Gasteiger partial charge >= 0.3 is 0 Å². The first-order chi connectivity index (χ1) is 12.5. The van der Waals surface area contributed by atoms with E-state index in [1.807, 2.05) is 48.5 Å². The van der Waals surface area contributed by atoms with Crippen molar-refractivity contribution in [3.8, 4) is 11.5 Å². The van der Waals surface area contributed by atoms with Crippen LogP contribution in [-0.2, 0) is 9.59 Å². The molecule has 0 spiro atoms. The van der Waals surface area contributed by atoms with Gasteiger partial charge in [-0.05, 0) is 42.3 Å². The molecule has 0 saturated heterocycles. The smallest absolute Gasteiger partial charge is 0.134 e. The zero-order valence-electron chi connectivity index (χ0n) is 15.4. The molecule has 0 aliphatic heterocycles. The van der Waals surface area contributed by atoms with Gasteiger partial charge in [0.1, 0.15) is 23.1 Å². The van der Waals surface area contributed by atoms with Crippen molar-refractivity contribution in [2.45, 2.75) is 31.6 Å². The van der Waals surface area contributed by atoms with Crippen LogP contribution in [0.1, 0.15) is 42.7 Å². The Morgan fingerprint density at radius 2 is 1.19 bits per heavy atom. The van der Waals surface area contributed by atoms with Crippen LogP contribution in [0.4, 0.5) is 0 Å². The lowest BCUT2D eigenvalue weighted by atomic mass is 9.65. The van der Waals surface area contributed by atoms with Gasteiger partial charge in [-0.3, -0.25) is 9.59 Å². The Kier molecular flexibility index (Phi) is 5.40. The third kappa shape index (κ3) is 3.64. The first kappa shape index (κ1) is 18.2. The fraction of sp³-hybridized carbons (Fsp3) is 0.364. The normalized spacial score (nSPS) is 22.7. The Bertz CT molecular complexity index is 717. The molecule has 1 fully saturated rings. The van der Waals surface area contributed by atoms with Crippen LogP contribution < -0.4 is 9.47 Å². The summed E-state index contributed by atoms with van der Waals surface area (Å²) in [5.74, 6) is 1.43. The van der Waals surface area contributed by atoms with Gasteiger partial charge < -0.3 is 9.47 Å². The van der Waals surface area contributed by atoms with Crippen LogP contribution in [0, 0.1) is 5.92 Å². The van der Waals surface area contributed by atoms with Crippen LogP contribution in [0.3, 0.4) is 0 Å². The van der Waals surface area contributed by atoms with Gasteiger partial charge in [-0.25, -0.2) is 0 Å². The number of methoxy groups -OCH3 is 2. The molecule has 1 saturated carbocycles. The highest BCUT2D eigenvalue weighted by Gasteiger charge is 2.41. The molecule has 3 rings (SSSR count). The van der Waals surface area contributed by atoms with Crippen molar-refractivity contribution < 1.29 is 19.1 Å². The van der Waals surface area contributed by atoms with Crippen molar-refractivity contribution in [2.24, 2.45) is 5.92 Å². The lowest BCUT2D eigenvalue weighted by molar-refractivity contribution is -0.127. The Morgan fingerprint density at radius 1 is 0.808 bits per heavy atom. The fourth-order valence-electron chi connectivity index (χ4n) is 4.03. The zero-order chi connectivity index (χ0) is 18.7. The van der Waals surface area contributed by atoms with Gasteiger partial charge in [0.2, 0.25) is 0 Å². The molecule has 1 aliphatic carbocycles. The second-order valence-electron chi connectivity index (χ2n) is 6.84. The number of carbonyl (C=O) groups excluding carboxylic acids is 2. The Labute approximate surface area is 154 Å². The van der Waals surface area contributed by atoms with E-state index in [2.05, 4.69) is 0 Å².